The molecule has 0 aliphatic carbocycles. The van der Waals surface area contributed by atoms with Gasteiger partial charge >= 0.3 is 0 Å². The second-order valence-electron chi connectivity index (χ2n) is 0. The average molecular weight is 361 g/mol. The first kappa shape index (κ1) is 34.5. The van der Waals surface area contributed by atoms with E-state index in [2.05, 4.69) is 0 Å². The smallest absolute Gasteiger partial charge is 0 e. The summed E-state index contributed by atoms with van der Waals surface area (Å²) >= 11 is 0. The Balaban J connectivity index is 0. The van der Waals surface area contributed by atoms with Crippen LogP contribution in [0.4, 0.5) is 0 Å². The molecule has 0 bridgehead atoms. The maximum Gasteiger partial charge on any atom is 0 e. The third-order valence-electron chi connectivity index (χ3n) is 0. The van der Waals surface area contributed by atoms with Crippen LogP contribution in [0.15, 0.2) is 0 Å². The van der Waals surface area contributed by atoms with Gasteiger partial charge in [0.15, 0.2) is 0 Å². The molecule has 0 unspecified atom stereocenters. The number of hydrogen-bond acceptors (Lipinski definition) is 0. The van der Waals surface area contributed by atoms with E-state index in [0.29, 0.717) is 0 Å². The molecule has 0 heterocycles. The topological polar surface area (TPSA) is 0 Å². The van der Waals surface area contributed by atoms with Gasteiger partial charge in [0.1, 0.15) is 0 Å². The minimum absolute atomic E-state index is 0. The monoisotopic (exact) mass is 361 g/mol. The fourth-order valence-corrected chi connectivity index (χ4v) is 0. The van der Waals surface area contributed by atoms with Crippen LogP contribution in [0.1, 0.15) is 0 Å². The Morgan fingerprint density at radius 1 is 0.500 bits per heavy atom. The Labute approximate surface area is 70.7 Å². The summed E-state index contributed by atoms with van der Waals surface area (Å²) in [5, 5.41) is 0. The second-order valence-corrected chi connectivity index (χ2v) is 0. The van der Waals surface area contributed by atoms with E-state index in [1.807, 2.05) is 0 Å². The summed E-state index contributed by atoms with van der Waals surface area (Å²) < 4.78 is 0. The first-order valence-electron chi connectivity index (χ1n) is 0. The molecule has 0 fully saturated rings. The van der Waals surface area contributed by atoms with E-state index in [4.69, 9.17) is 0 Å². The third kappa shape index (κ3) is 8.88. The van der Waals surface area contributed by atoms with E-state index in [-0.39, 0.29) is 71.4 Å². The predicted molar refractivity (Wildman–Crippen MR) is 0 cm³/mol. The van der Waals surface area contributed by atoms with Crippen LogP contribution in [0, 0.1) is 0 Å². The number of hydrogen-bond donors (Lipinski definition) is 0. The zero-order valence-corrected chi connectivity index (χ0v) is 7.46. The van der Waals surface area contributed by atoms with Gasteiger partial charge in [-0.05, 0) is 0 Å². The van der Waals surface area contributed by atoms with Crippen molar-refractivity contribution in [2.24, 2.45) is 0 Å². The zero-order chi connectivity index (χ0) is 0. The van der Waals surface area contributed by atoms with Crippen molar-refractivity contribution in [3.8, 4) is 0 Å². The molecular formula is Co3W. The predicted octanol–water partition coefficient (Wildman–Crippen LogP) is -0.0100. The average Bonchev–Trinajstić information content (AvgIpc) is 0. The fraction of sp³-hybridized carbons (Fsp3) is 0. The molecule has 0 aromatic carbocycles. The Hall–Kier alpha value is 2.21. The van der Waals surface area contributed by atoms with Crippen molar-refractivity contribution in [1.29, 1.82) is 0 Å². The van der Waals surface area contributed by atoms with Gasteiger partial charge in [-0.2, -0.15) is 0 Å². The van der Waals surface area contributed by atoms with Gasteiger partial charge in [0.05, 0.1) is 0 Å². The van der Waals surface area contributed by atoms with Crippen LogP contribution >= 0.6 is 0 Å². The van der Waals surface area contributed by atoms with Crippen LogP contribution in [-0.4, -0.2) is 0 Å². The molecule has 0 rings (SSSR count). The summed E-state index contributed by atoms with van der Waals surface area (Å²) in [6.45, 7) is 0. The Morgan fingerprint density at radius 3 is 0.500 bits per heavy atom. The summed E-state index contributed by atoms with van der Waals surface area (Å²) in [4.78, 5) is 0. The van der Waals surface area contributed by atoms with Crippen molar-refractivity contribution in [2.75, 3.05) is 0 Å². The standard InChI is InChI=1S/3Co.W. The zero-order valence-electron chi connectivity index (χ0n) is 1.41. The van der Waals surface area contributed by atoms with Crippen LogP contribution in [0.5, 0.6) is 0 Å². The molecular weight excluding hydrogens is 361 g/mol. The van der Waals surface area contributed by atoms with E-state index in [9.17, 15) is 0 Å². The third-order valence-corrected chi connectivity index (χ3v) is 0. The molecule has 3 radical (unpaired) electrons. The van der Waals surface area contributed by atoms with Crippen LogP contribution in [0.25, 0.3) is 0 Å². The van der Waals surface area contributed by atoms with Crippen LogP contribution in [0.3, 0.4) is 0 Å². The van der Waals surface area contributed by atoms with Gasteiger partial charge < -0.3 is 0 Å². The molecule has 33 valence electrons. The van der Waals surface area contributed by atoms with Crippen molar-refractivity contribution in [2.45, 2.75) is 0 Å². The first-order valence-corrected chi connectivity index (χ1v) is 0. The number of rotatable bonds is 0. The molecule has 0 nitrogen and oxygen atoms in total. The maximum absolute atomic E-state index is 0. The molecule has 0 aromatic heterocycles. The minimum atomic E-state index is 0. The van der Waals surface area contributed by atoms with Gasteiger partial charge in [-0.25, -0.2) is 0 Å². The van der Waals surface area contributed by atoms with Crippen LogP contribution < -0.4 is 0 Å². The quantitative estimate of drug-likeness (QED) is 0.570. The van der Waals surface area contributed by atoms with Crippen molar-refractivity contribution >= 4 is 0 Å². The molecule has 0 N–H and O–H groups in total. The van der Waals surface area contributed by atoms with Gasteiger partial charge in [-0.1, -0.05) is 0 Å². The van der Waals surface area contributed by atoms with E-state index in [1.54, 1.807) is 0 Å². The minimum Gasteiger partial charge on any atom is 0 e. The summed E-state index contributed by atoms with van der Waals surface area (Å²) in [5.41, 5.74) is 0. The molecule has 0 atom stereocenters. The van der Waals surface area contributed by atoms with Gasteiger partial charge in [0.2, 0.25) is 0 Å². The summed E-state index contributed by atoms with van der Waals surface area (Å²) in [7, 11) is 0. The van der Waals surface area contributed by atoms with E-state index in [0.717, 1.165) is 0 Å². The second kappa shape index (κ2) is 18.9. The largest absolute Gasteiger partial charge is 0 e. The molecule has 0 aliphatic rings. The molecule has 0 saturated heterocycles. The fourth-order valence-electron chi connectivity index (χ4n) is 0. The molecule has 0 amide bonds. The van der Waals surface area contributed by atoms with E-state index >= 15 is 0 Å². The Morgan fingerprint density at radius 2 is 0.500 bits per heavy atom. The van der Waals surface area contributed by atoms with Crippen molar-refractivity contribution < 1.29 is 71.4 Å². The molecule has 0 saturated carbocycles. The van der Waals surface area contributed by atoms with Gasteiger partial charge in [0.25, 0.3) is 0 Å². The van der Waals surface area contributed by atoms with Crippen LogP contribution in [0.2, 0.25) is 0 Å². The summed E-state index contributed by atoms with van der Waals surface area (Å²) in [6, 6.07) is 0. The van der Waals surface area contributed by atoms with E-state index < -0.39 is 0 Å². The molecule has 0 spiro atoms. The van der Waals surface area contributed by atoms with E-state index in [1.165, 1.54) is 0 Å². The van der Waals surface area contributed by atoms with Crippen LogP contribution in [-0.2, 0) is 71.4 Å². The SMILES string of the molecule is [Co].[Co].[Co].[W]. The molecule has 4 heavy (non-hydrogen) atoms. The summed E-state index contributed by atoms with van der Waals surface area (Å²) in [6.07, 6.45) is 0. The molecule has 0 aromatic rings. The first-order chi connectivity index (χ1) is 0. The Kier molecular flexibility index (Phi) is 163. The molecule has 4 heteroatoms. The van der Waals surface area contributed by atoms with Crippen molar-refractivity contribution in [3.05, 3.63) is 0 Å². The molecule has 0 aliphatic heterocycles. The Bertz CT molecular complexity index is 3.25. The van der Waals surface area contributed by atoms with Gasteiger partial charge in [0, 0.05) is 71.4 Å². The van der Waals surface area contributed by atoms with Crippen molar-refractivity contribution in [1.82, 2.24) is 0 Å². The van der Waals surface area contributed by atoms with Gasteiger partial charge in [-0.3, -0.25) is 0 Å². The van der Waals surface area contributed by atoms with Crippen molar-refractivity contribution in [3.63, 3.8) is 0 Å². The normalized spacial score (nSPS) is 0. The summed E-state index contributed by atoms with van der Waals surface area (Å²) in [5.74, 6) is 0. The van der Waals surface area contributed by atoms with Gasteiger partial charge in [-0.15, -0.1) is 0 Å². The maximum atomic E-state index is 0.